The average Bonchev–Trinajstić information content (AvgIpc) is 3.18. The second-order valence-electron chi connectivity index (χ2n) is 6.78. The molecule has 3 rings (SSSR count). The smallest absolute Gasteiger partial charge is 0.274 e. The zero-order valence-electron chi connectivity index (χ0n) is 13.1. The Morgan fingerprint density at radius 2 is 2.10 bits per heavy atom. The van der Waals surface area contributed by atoms with Gasteiger partial charge in [-0.05, 0) is 50.1 Å². The summed E-state index contributed by atoms with van der Waals surface area (Å²) in [5.74, 6) is 1.36. The quantitative estimate of drug-likeness (QED) is 0.873. The molecule has 2 N–H and O–H groups in total. The number of hydrogen-bond acceptors (Lipinski definition) is 3. The summed E-state index contributed by atoms with van der Waals surface area (Å²) in [4.78, 5) is 14.4. The highest BCUT2D eigenvalue weighted by Crippen LogP contribution is 2.28. The van der Waals surface area contributed by atoms with Gasteiger partial charge < -0.3 is 10.2 Å². The normalized spacial score (nSPS) is 20.2. The number of piperidine rings is 1. The van der Waals surface area contributed by atoms with E-state index in [-0.39, 0.29) is 5.91 Å². The van der Waals surface area contributed by atoms with Crippen molar-refractivity contribution in [3.8, 4) is 0 Å². The van der Waals surface area contributed by atoms with E-state index in [1.807, 2.05) is 11.0 Å². The SMILES string of the molecule is CC(C)c1cc(C(=O)N2CCC(NCC3CC3)CC2)n[nH]1. The molecule has 0 unspecified atom stereocenters. The first-order valence-corrected chi connectivity index (χ1v) is 8.21. The van der Waals surface area contributed by atoms with Crippen LogP contribution in [0.3, 0.4) is 0 Å². The summed E-state index contributed by atoms with van der Waals surface area (Å²) in [6.07, 6.45) is 4.89. The van der Waals surface area contributed by atoms with E-state index in [0.29, 0.717) is 17.7 Å². The lowest BCUT2D eigenvalue weighted by Crippen LogP contribution is -2.45. The zero-order chi connectivity index (χ0) is 14.8. The molecule has 1 saturated heterocycles. The zero-order valence-corrected chi connectivity index (χ0v) is 13.1. The molecule has 1 amide bonds. The molecule has 2 fully saturated rings. The highest BCUT2D eigenvalue weighted by molar-refractivity contribution is 5.92. The summed E-state index contributed by atoms with van der Waals surface area (Å²) < 4.78 is 0. The van der Waals surface area contributed by atoms with Gasteiger partial charge >= 0.3 is 0 Å². The molecule has 1 aliphatic heterocycles. The molecule has 0 atom stereocenters. The molecule has 5 nitrogen and oxygen atoms in total. The first-order chi connectivity index (χ1) is 10.1. The Morgan fingerprint density at radius 3 is 2.67 bits per heavy atom. The number of likely N-dealkylation sites (tertiary alicyclic amines) is 1. The lowest BCUT2D eigenvalue weighted by Gasteiger charge is -2.32. The van der Waals surface area contributed by atoms with Gasteiger partial charge in [0.25, 0.3) is 5.91 Å². The minimum atomic E-state index is 0.0683. The van der Waals surface area contributed by atoms with E-state index in [4.69, 9.17) is 0 Å². The molecule has 21 heavy (non-hydrogen) atoms. The monoisotopic (exact) mass is 290 g/mol. The van der Waals surface area contributed by atoms with Crippen LogP contribution in [0.25, 0.3) is 0 Å². The molecule has 0 aromatic carbocycles. The maximum absolute atomic E-state index is 12.4. The third kappa shape index (κ3) is 3.64. The van der Waals surface area contributed by atoms with Gasteiger partial charge in [-0.15, -0.1) is 0 Å². The lowest BCUT2D eigenvalue weighted by atomic mass is 10.0. The molecule has 0 spiro atoms. The summed E-state index contributed by atoms with van der Waals surface area (Å²) in [6, 6.07) is 2.48. The van der Waals surface area contributed by atoms with Gasteiger partial charge in [0.2, 0.25) is 0 Å². The number of nitrogens with one attached hydrogen (secondary N) is 2. The van der Waals surface area contributed by atoms with Crippen LogP contribution in [0.4, 0.5) is 0 Å². The number of aromatic nitrogens is 2. The van der Waals surface area contributed by atoms with Crippen molar-refractivity contribution in [1.82, 2.24) is 20.4 Å². The molecule has 1 saturated carbocycles. The van der Waals surface area contributed by atoms with Crippen molar-refractivity contribution < 1.29 is 4.79 Å². The third-order valence-corrected chi connectivity index (χ3v) is 4.61. The fraction of sp³-hybridized carbons (Fsp3) is 0.750. The van der Waals surface area contributed by atoms with Crippen LogP contribution in [0.15, 0.2) is 6.07 Å². The largest absolute Gasteiger partial charge is 0.337 e. The first kappa shape index (κ1) is 14.6. The van der Waals surface area contributed by atoms with Crippen molar-refractivity contribution in [2.45, 2.75) is 51.5 Å². The summed E-state index contributed by atoms with van der Waals surface area (Å²) in [5.41, 5.74) is 1.59. The number of hydrogen-bond donors (Lipinski definition) is 2. The molecule has 5 heteroatoms. The van der Waals surface area contributed by atoms with E-state index in [9.17, 15) is 4.79 Å². The highest BCUT2D eigenvalue weighted by atomic mass is 16.2. The van der Waals surface area contributed by atoms with Gasteiger partial charge in [-0.25, -0.2) is 0 Å². The summed E-state index contributed by atoms with van der Waals surface area (Å²) >= 11 is 0. The maximum atomic E-state index is 12.4. The van der Waals surface area contributed by atoms with E-state index in [0.717, 1.165) is 44.1 Å². The number of amides is 1. The van der Waals surface area contributed by atoms with Gasteiger partial charge in [0, 0.05) is 24.8 Å². The molecule has 1 aliphatic carbocycles. The van der Waals surface area contributed by atoms with Crippen LogP contribution in [0.1, 0.15) is 61.6 Å². The Hall–Kier alpha value is -1.36. The summed E-state index contributed by atoms with van der Waals surface area (Å²) in [7, 11) is 0. The number of aromatic amines is 1. The van der Waals surface area contributed by atoms with Crippen molar-refractivity contribution in [1.29, 1.82) is 0 Å². The van der Waals surface area contributed by atoms with E-state index in [2.05, 4.69) is 29.4 Å². The Morgan fingerprint density at radius 1 is 1.38 bits per heavy atom. The number of carbonyl (C=O) groups excluding carboxylic acids is 1. The number of H-pyrrole nitrogens is 1. The fourth-order valence-corrected chi connectivity index (χ4v) is 2.85. The van der Waals surface area contributed by atoms with Crippen LogP contribution in [-0.2, 0) is 0 Å². The van der Waals surface area contributed by atoms with E-state index in [1.54, 1.807) is 0 Å². The van der Waals surface area contributed by atoms with Gasteiger partial charge in [0.05, 0.1) is 0 Å². The van der Waals surface area contributed by atoms with Crippen LogP contribution in [-0.4, -0.2) is 46.7 Å². The Kier molecular flexibility index (Phi) is 4.29. The number of rotatable bonds is 5. The van der Waals surface area contributed by atoms with Crippen LogP contribution >= 0.6 is 0 Å². The van der Waals surface area contributed by atoms with Gasteiger partial charge in [0.15, 0.2) is 0 Å². The molecule has 2 heterocycles. The van der Waals surface area contributed by atoms with Gasteiger partial charge in [-0.1, -0.05) is 13.8 Å². The molecule has 116 valence electrons. The Bertz CT molecular complexity index is 484. The van der Waals surface area contributed by atoms with Gasteiger partial charge in [-0.3, -0.25) is 9.89 Å². The molecule has 1 aromatic heterocycles. The summed E-state index contributed by atoms with van der Waals surface area (Å²) in [6.45, 7) is 7.03. The molecular formula is C16H26N4O. The molecule has 2 aliphatic rings. The van der Waals surface area contributed by atoms with Crippen LogP contribution in [0.2, 0.25) is 0 Å². The summed E-state index contributed by atoms with van der Waals surface area (Å²) in [5, 5.41) is 10.8. The van der Waals surface area contributed by atoms with E-state index in [1.165, 1.54) is 12.8 Å². The fourth-order valence-electron chi connectivity index (χ4n) is 2.85. The standard InChI is InChI=1S/C16H26N4O/c1-11(2)14-9-15(19-18-14)16(21)20-7-5-13(6-8-20)17-10-12-3-4-12/h9,11-13,17H,3-8,10H2,1-2H3,(H,18,19). The number of nitrogens with zero attached hydrogens (tertiary/aromatic N) is 2. The van der Waals surface area contributed by atoms with Crippen molar-refractivity contribution in [3.63, 3.8) is 0 Å². The minimum Gasteiger partial charge on any atom is -0.337 e. The van der Waals surface area contributed by atoms with Crippen LogP contribution in [0.5, 0.6) is 0 Å². The molecular weight excluding hydrogens is 264 g/mol. The van der Waals surface area contributed by atoms with Crippen LogP contribution in [0, 0.1) is 5.92 Å². The van der Waals surface area contributed by atoms with Crippen molar-refractivity contribution >= 4 is 5.91 Å². The second kappa shape index (κ2) is 6.18. The molecule has 0 bridgehead atoms. The lowest BCUT2D eigenvalue weighted by molar-refractivity contribution is 0.0699. The van der Waals surface area contributed by atoms with Gasteiger partial charge in [0.1, 0.15) is 5.69 Å². The van der Waals surface area contributed by atoms with Crippen LogP contribution < -0.4 is 5.32 Å². The third-order valence-electron chi connectivity index (χ3n) is 4.61. The van der Waals surface area contributed by atoms with Gasteiger partial charge in [-0.2, -0.15) is 5.10 Å². The van der Waals surface area contributed by atoms with Crippen molar-refractivity contribution in [2.75, 3.05) is 19.6 Å². The predicted molar refractivity (Wildman–Crippen MR) is 82.3 cm³/mol. The molecule has 1 aromatic rings. The van der Waals surface area contributed by atoms with E-state index < -0.39 is 0 Å². The van der Waals surface area contributed by atoms with Crippen molar-refractivity contribution in [2.24, 2.45) is 5.92 Å². The average molecular weight is 290 g/mol. The Labute approximate surface area is 126 Å². The topological polar surface area (TPSA) is 61.0 Å². The van der Waals surface area contributed by atoms with E-state index >= 15 is 0 Å². The molecule has 0 radical (unpaired) electrons. The Balaban J connectivity index is 1.49. The number of carbonyl (C=O) groups is 1. The first-order valence-electron chi connectivity index (χ1n) is 8.21. The predicted octanol–water partition coefficient (Wildman–Crippen LogP) is 2.14. The minimum absolute atomic E-state index is 0.0683. The van der Waals surface area contributed by atoms with Crippen molar-refractivity contribution in [3.05, 3.63) is 17.5 Å². The maximum Gasteiger partial charge on any atom is 0.274 e. The second-order valence-corrected chi connectivity index (χ2v) is 6.78. The highest BCUT2D eigenvalue weighted by Gasteiger charge is 2.27.